The highest BCUT2D eigenvalue weighted by atomic mass is 79.9. The molecule has 0 aliphatic carbocycles. The van der Waals surface area contributed by atoms with E-state index in [1.165, 1.54) is 22.7 Å². The summed E-state index contributed by atoms with van der Waals surface area (Å²) in [6, 6.07) is 6.55. The summed E-state index contributed by atoms with van der Waals surface area (Å²) < 4.78 is 35.6. The molecule has 0 aromatic carbocycles. The van der Waals surface area contributed by atoms with E-state index >= 15 is 0 Å². The number of hydrogen-bond acceptors (Lipinski definition) is 6. The van der Waals surface area contributed by atoms with Gasteiger partial charge in [-0.3, -0.25) is 0 Å². The third-order valence-corrected chi connectivity index (χ3v) is 7.99. The summed E-state index contributed by atoms with van der Waals surface area (Å²) in [6.07, 6.45) is 0.242. The van der Waals surface area contributed by atoms with Crippen LogP contribution in [0.4, 0.5) is 0 Å². The fraction of sp³-hybridized carbons (Fsp3) is 0.526. The predicted octanol–water partition coefficient (Wildman–Crippen LogP) is -0.650. The highest BCUT2D eigenvalue weighted by Crippen LogP contribution is 2.52. The van der Waals surface area contributed by atoms with Crippen LogP contribution >= 0.6 is 22.7 Å². The Hall–Kier alpha value is -0.770. The second-order valence-electron chi connectivity index (χ2n) is 7.51. The van der Waals surface area contributed by atoms with Gasteiger partial charge < -0.3 is 36.0 Å². The molecule has 3 aliphatic rings. The van der Waals surface area contributed by atoms with Crippen molar-refractivity contribution in [3.63, 3.8) is 0 Å². The first kappa shape index (κ1) is 16.1. The summed E-state index contributed by atoms with van der Waals surface area (Å²) in [5.74, 6) is -0.702. The van der Waals surface area contributed by atoms with Gasteiger partial charge in [-0.2, -0.15) is 0 Å². The topological polar surface area (TPSA) is 59.1 Å². The van der Waals surface area contributed by atoms with Crippen molar-refractivity contribution in [3.05, 3.63) is 44.8 Å². The molecule has 3 aliphatic heterocycles. The molecule has 5 heterocycles. The van der Waals surface area contributed by atoms with E-state index in [2.05, 4.69) is 0 Å². The van der Waals surface area contributed by atoms with Gasteiger partial charge in [-0.1, -0.05) is 12.1 Å². The molecule has 0 spiro atoms. The van der Waals surface area contributed by atoms with E-state index < -0.39 is 24.7 Å². The van der Waals surface area contributed by atoms with Crippen LogP contribution in [-0.2, 0) is 19.9 Å². The lowest BCUT2D eigenvalue weighted by molar-refractivity contribution is -0.938. The Bertz CT molecular complexity index is 869. The first-order chi connectivity index (χ1) is 13.7. The van der Waals surface area contributed by atoms with Crippen LogP contribution in [0.3, 0.4) is 0 Å². The first-order valence-corrected chi connectivity index (χ1v) is 10.5. The van der Waals surface area contributed by atoms with Crippen LogP contribution in [-0.4, -0.2) is 60.0 Å². The second kappa shape index (κ2) is 6.64. The summed E-state index contributed by atoms with van der Waals surface area (Å²) >= 11 is 2.60. The maximum Gasteiger partial charge on any atom is 0.349 e. The smallest absolute Gasteiger partial charge is 0.349 e. The van der Waals surface area contributed by atoms with Gasteiger partial charge in [0, 0.05) is 12.8 Å². The molecule has 6 atom stereocenters. The average molecular weight is 475 g/mol. The number of morpholine rings is 1. The lowest BCUT2D eigenvalue weighted by atomic mass is 9.95. The maximum absolute atomic E-state index is 13.2. The summed E-state index contributed by atoms with van der Waals surface area (Å²) in [5.41, 5.74) is -1.85. The first-order valence-electron chi connectivity index (χ1n) is 10.2. The number of epoxide rings is 1. The number of nitrogens with zero attached hydrogens (tertiary/aromatic N) is 1. The quantitative estimate of drug-likeness (QED) is 0.363. The van der Waals surface area contributed by atoms with Crippen LogP contribution in [0.5, 0.6) is 0 Å². The van der Waals surface area contributed by atoms with Gasteiger partial charge in [0.25, 0.3) is 0 Å². The molecule has 2 aromatic heterocycles. The molecule has 3 saturated heterocycles. The molecule has 5 rings (SSSR count). The summed E-state index contributed by atoms with van der Waals surface area (Å²) in [7, 11) is 1.77. The van der Waals surface area contributed by atoms with E-state index in [0.717, 1.165) is 0 Å². The third kappa shape index (κ3) is 2.84. The summed E-state index contributed by atoms with van der Waals surface area (Å²) in [6.45, 7) is -2.14. The number of fused-ring (bicyclic) bond motifs is 5. The number of piperidine rings is 1. The van der Waals surface area contributed by atoms with Gasteiger partial charge in [-0.05, 0) is 22.9 Å². The van der Waals surface area contributed by atoms with Crippen LogP contribution in [0, 0.1) is 0 Å². The van der Waals surface area contributed by atoms with Crippen molar-refractivity contribution < 1.29 is 45.0 Å². The van der Waals surface area contributed by atoms with E-state index in [-0.39, 0.29) is 45.8 Å². The minimum Gasteiger partial charge on any atom is -1.00 e. The van der Waals surface area contributed by atoms with Crippen molar-refractivity contribution in [1.82, 2.24) is 0 Å². The standard InChI is InChI=1S/C19H22NO4S2.BrH/c1-20(2)12-9-11(10-13(20)17-16(12)24-17)23-18(21)19(22,14-5-3-7-25-14)15-6-4-8-26-15;/h3-8,11-13,16-17,22H,9-10H2,1-2H3;1H/q+1;/p-1/t11?,12-,13+,16-,17+;/i1D3;/t11?,12-,13+,16-,17+,20?;. The lowest BCUT2D eigenvalue weighted by Gasteiger charge is -2.45. The van der Waals surface area contributed by atoms with Gasteiger partial charge in [0.15, 0.2) is 0 Å². The molecule has 0 radical (unpaired) electrons. The largest absolute Gasteiger partial charge is 1.00 e. The van der Waals surface area contributed by atoms with Crippen molar-refractivity contribution in [2.75, 3.05) is 14.0 Å². The van der Waals surface area contributed by atoms with Crippen LogP contribution in [0.1, 0.15) is 26.7 Å². The summed E-state index contributed by atoms with van der Waals surface area (Å²) in [4.78, 5) is 14.2. The molecule has 2 aromatic rings. The van der Waals surface area contributed by atoms with Crippen molar-refractivity contribution in [2.24, 2.45) is 0 Å². The van der Waals surface area contributed by atoms with Gasteiger partial charge >= 0.3 is 5.97 Å². The average Bonchev–Trinajstić information content (AvgIpc) is 3.04. The number of carbonyl (C=O) groups excluding carboxylic acids is 1. The number of halogens is 1. The van der Waals surface area contributed by atoms with Crippen molar-refractivity contribution in [2.45, 2.75) is 48.8 Å². The fourth-order valence-electron chi connectivity index (χ4n) is 4.58. The molecular formula is C19H22BrNO4S2. The number of thiophene rings is 2. The van der Waals surface area contributed by atoms with E-state index in [1.54, 1.807) is 31.3 Å². The Balaban J connectivity index is 0.00000218. The SMILES string of the molecule is [2H]C([2H])([2H])[N+]1(C)[C@@H]2CC(OC(=O)C(O)(c3cccs3)c3cccs3)C[C@H]1[C@@H]1O[C@@H]12.[Br-]. The molecule has 27 heavy (non-hydrogen) atoms. The zero-order chi connectivity index (χ0) is 20.6. The van der Waals surface area contributed by atoms with Crippen molar-refractivity contribution >= 4 is 28.6 Å². The third-order valence-electron chi connectivity index (χ3n) is 6.03. The number of rotatable bonds is 4. The number of quaternary nitrogens is 1. The number of esters is 1. The number of aliphatic hydroxyl groups is 1. The van der Waals surface area contributed by atoms with Gasteiger partial charge in [0.05, 0.1) is 27.9 Å². The number of ether oxygens (including phenoxy) is 2. The fourth-order valence-corrected chi connectivity index (χ4v) is 6.29. The van der Waals surface area contributed by atoms with Gasteiger partial charge in [-0.15, -0.1) is 22.7 Å². The van der Waals surface area contributed by atoms with E-state index in [9.17, 15) is 9.90 Å². The maximum atomic E-state index is 13.2. The second-order valence-corrected chi connectivity index (χ2v) is 9.41. The van der Waals surface area contributed by atoms with Crippen LogP contribution in [0.25, 0.3) is 0 Å². The normalized spacial score (nSPS) is 38.7. The van der Waals surface area contributed by atoms with Gasteiger partial charge in [-0.25, -0.2) is 4.79 Å². The van der Waals surface area contributed by atoms with Crippen LogP contribution < -0.4 is 17.0 Å². The summed E-state index contributed by atoms with van der Waals surface area (Å²) in [5, 5.41) is 15.0. The Morgan fingerprint density at radius 2 is 1.81 bits per heavy atom. The highest BCUT2D eigenvalue weighted by Gasteiger charge is 2.71. The molecule has 8 heteroatoms. The molecule has 2 bridgehead atoms. The lowest BCUT2D eigenvalue weighted by Crippen LogP contribution is -3.00. The van der Waals surface area contributed by atoms with Crippen molar-refractivity contribution in [3.8, 4) is 0 Å². The molecule has 0 saturated carbocycles. The minimum atomic E-state index is -2.14. The van der Waals surface area contributed by atoms with Crippen molar-refractivity contribution in [1.29, 1.82) is 0 Å². The molecule has 5 nitrogen and oxygen atoms in total. The molecule has 146 valence electrons. The Kier molecular flexibility index (Phi) is 3.95. The van der Waals surface area contributed by atoms with E-state index in [4.69, 9.17) is 13.6 Å². The highest BCUT2D eigenvalue weighted by molar-refractivity contribution is 7.12. The van der Waals surface area contributed by atoms with E-state index in [0.29, 0.717) is 22.6 Å². The predicted molar refractivity (Wildman–Crippen MR) is 99.1 cm³/mol. The number of hydrogen-bond donors (Lipinski definition) is 1. The Morgan fingerprint density at radius 1 is 1.26 bits per heavy atom. The molecular weight excluding hydrogens is 450 g/mol. The van der Waals surface area contributed by atoms with Gasteiger partial charge in [0.1, 0.15) is 30.4 Å². The Morgan fingerprint density at radius 3 is 2.26 bits per heavy atom. The zero-order valence-corrected chi connectivity index (χ0v) is 17.8. The van der Waals surface area contributed by atoms with Crippen LogP contribution in [0.15, 0.2) is 35.0 Å². The van der Waals surface area contributed by atoms with Crippen LogP contribution in [0.2, 0.25) is 0 Å². The molecule has 3 fully saturated rings. The molecule has 0 amide bonds. The zero-order valence-electron chi connectivity index (χ0n) is 17.6. The van der Waals surface area contributed by atoms with Gasteiger partial charge in [0.2, 0.25) is 5.60 Å². The number of likely N-dealkylation sites (N-methyl/N-ethyl adjacent to an activating group) is 1. The Labute approximate surface area is 181 Å². The number of carbonyl (C=O) groups is 1. The molecule has 2 unspecified atom stereocenters. The minimum absolute atomic E-state index is 0. The molecule has 1 N–H and O–H groups in total. The van der Waals surface area contributed by atoms with E-state index in [1.807, 2.05) is 10.8 Å². The monoisotopic (exact) mass is 474 g/mol.